The van der Waals surface area contributed by atoms with Crippen molar-refractivity contribution in [3.63, 3.8) is 0 Å². The molecule has 0 spiro atoms. The molecule has 2 rings (SSSR count). The number of carbonyl (C=O) groups is 1. The minimum absolute atomic E-state index is 0.114. The number of hydrogen-bond acceptors (Lipinski definition) is 5. The van der Waals surface area contributed by atoms with Gasteiger partial charge in [-0.1, -0.05) is 6.07 Å². The summed E-state index contributed by atoms with van der Waals surface area (Å²) >= 11 is 1.49. The van der Waals surface area contributed by atoms with Gasteiger partial charge >= 0.3 is 0 Å². The van der Waals surface area contributed by atoms with E-state index in [1.54, 1.807) is 25.3 Å². The first-order valence-corrected chi connectivity index (χ1v) is 8.16. The number of amides is 1. The van der Waals surface area contributed by atoms with E-state index in [0.29, 0.717) is 17.3 Å². The predicted molar refractivity (Wildman–Crippen MR) is 86.4 cm³/mol. The molecule has 0 bridgehead atoms. The molecule has 2 N–H and O–H groups in total. The van der Waals surface area contributed by atoms with E-state index >= 15 is 0 Å². The van der Waals surface area contributed by atoms with E-state index in [1.807, 2.05) is 25.1 Å². The third kappa shape index (κ3) is 4.89. The molecule has 0 aliphatic heterocycles. The van der Waals surface area contributed by atoms with Gasteiger partial charge in [-0.15, -0.1) is 11.8 Å². The maximum atomic E-state index is 11.8. The normalized spacial score (nSPS) is 13.6. The molecule has 0 aliphatic rings. The van der Waals surface area contributed by atoms with Crippen LogP contribution in [0.25, 0.3) is 0 Å². The maximum absolute atomic E-state index is 11.8. The number of aromatic nitrogens is 1. The van der Waals surface area contributed by atoms with Crippen molar-refractivity contribution in [3.05, 3.63) is 53.7 Å². The number of thioether (sulfide) groups is 1. The Morgan fingerprint density at radius 2 is 2.23 bits per heavy atom. The summed E-state index contributed by atoms with van der Waals surface area (Å²) in [6, 6.07) is 9.21. The Morgan fingerprint density at radius 1 is 1.41 bits per heavy atom. The number of pyridine rings is 1. The number of rotatable bonds is 7. The van der Waals surface area contributed by atoms with Crippen LogP contribution in [-0.4, -0.2) is 28.3 Å². The van der Waals surface area contributed by atoms with Crippen LogP contribution < -0.4 is 5.32 Å². The van der Waals surface area contributed by atoms with E-state index < -0.39 is 5.60 Å². The zero-order chi connectivity index (χ0) is 16.0. The molecular weight excluding hydrogens is 300 g/mol. The fourth-order valence-electron chi connectivity index (χ4n) is 1.86. The number of carbonyl (C=O) groups excluding carboxylic acids is 1. The molecule has 0 radical (unpaired) electrons. The molecule has 0 aliphatic carbocycles. The SMILES string of the molecule is Cc1ccc(C(C)(O)CNC(=O)CSCc2ccccn2)o1. The van der Waals surface area contributed by atoms with Gasteiger partial charge in [0.1, 0.15) is 17.1 Å². The van der Waals surface area contributed by atoms with E-state index in [2.05, 4.69) is 10.3 Å². The molecule has 1 amide bonds. The summed E-state index contributed by atoms with van der Waals surface area (Å²) in [4.78, 5) is 16.0. The standard InChI is InChI=1S/C16H20N2O3S/c1-12-6-7-14(21-12)16(2,20)11-18-15(19)10-22-9-13-5-3-4-8-17-13/h3-8,20H,9-11H2,1-2H3,(H,18,19). The molecular formula is C16H20N2O3S. The Balaban J connectivity index is 1.73. The van der Waals surface area contributed by atoms with Crippen LogP contribution in [0.1, 0.15) is 24.1 Å². The number of nitrogens with zero attached hydrogens (tertiary/aromatic N) is 1. The predicted octanol–water partition coefficient (Wildman–Crippen LogP) is 2.24. The Bertz CT molecular complexity index is 611. The summed E-state index contributed by atoms with van der Waals surface area (Å²) in [5.41, 5.74) is -0.270. The summed E-state index contributed by atoms with van der Waals surface area (Å²) in [6.45, 7) is 3.54. The van der Waals surface area contributed by atoms with Crippen molar-refractivity contribution in [2.45, 2.75) is 25.2 Å². The average Bonchev–Trinajstić information content (AvgIpc) is 2.94. The molecule has 5 nitrogen and oxygen atoms in total. The molecule has 6 heteroatoms. The van der Waals surface area contributed by atoms with Crippen LogP contribution in [0.5, 0.6) is 0 Å². The Labute approximate surface area is 134 Å². The van der Waals surface area contributed by atoms with Gasteiger partial charge in [0.25, 0.3) is 0 Å². The highest BCUT2D eigenvalue weighted by Crippen LogP contribution is 2.22. The second-order valence-corrected chi connectivity index (χ2v) is 6.26. The number of hydrogen-bond donors (Lipinski definition) is 2. The van der Waals surface area contributed by atoms with Gasteiger partial charge in [-0.3, -0.25) is 9.78 Å². The van der Waals surface area contributed by atoms with E-state index in [-0.39, 0.29) is 12.5 Å². The van der Waals surface area contributed by atoms with Gasteiger partial charge in [-0.25, -0.2) is 0 Å². The van der Waals surface area contributed by atoms with Crippen molar-refractivity contribution in [2.24, 2.45) is 0 Å². The average molecular weight is 320 g/mol. The maximum Gasteiger partial charge on any atom is 0.230 e. The quantitative estimate of drug-likeness (QED) is 0.818. The molecule has 1 unspecified atom stereocenters. The van der Waals surface area contributed by atoms with Crippen LogP contribution in [0, 0.1) is 6.92 Å². The molecule has 2 aromatic heterocycles. The minimum Gasteiger partial charge on any atom is -0.463 e. The van der Waals surface area contributed by atoms with Gasteiger partial charge in [0.15, 0.2) is 0 Å². The minimum atomic E-state index is -1.21. The van der Waals surface area contributed by atoms with E-state index in [1.165, 1.54) is 11.8 Å². The lowest BCUT2D eigenvalue weighted by Gasteiger charge is -2.21. The Kier molecular flexibility index (Phi) is 5.63. The molecule has 22 heavy (non-hydrogen) atoms. The molecule has 1 atom stereocenters. The second kappa shape index (κ2) is 7.47. The van der Waals surface area contributed by atoms with Crippen molar-refractivity contribution in [1.29, 1.82) is 0 Å². The zero-order valence-corrected chi connectivity index (χ0v) is 13.5. The number of furan rings is 1. The van der Waals surface area contributed by atoms with Gasteiger partial charge in [0.05, 0.1) is 18.0 Å². The van der Waals surface area contributed by atoms with Crippen LogP contribution in [0.3, 0.4) is 0 Å². The topological polar surface area (TPSA) is 75.4 Å². The van der Waals surface area contributed by atoms with Crippen molar-refractivity contribution in [3.8, 4) is 0 Å². The molecule has 0 saturated carbocycles. The molecule has 2 aromatic rings. The Hall–Kier alpha value is -1.79. The van der Waals surface area contributed by atoms with Crippen LogP contribution in [0.15, 0.2) is 40.9 Å². The fraction of sp³-hybridized carbons (Fsp3) is 0.375. The van der Waals surface area contributed by atoms with Crippen molar-refractivity contribution < 1.29 is 14.3 Å². The van der Waals surface area contributed by atoms with Crippen LogP contribution in [0.2, 0.25) is 0 Å². The highest BCUT2D eigenvalue weighted by Gasteiger charge is 2.27. The van der Waals surface area contributed by atoms with Gasteiger partial charge in [-0.05, 0) is 38.1 Å². The Morgan fingerprint density at radius 3 is 2.86 bits per heavy atom. The number of nitrogens with one attached hydrogen (secondary N) is 1. The van der Waals surface area contributed by atoms with Gasteiger partial charge in [-0.2, -0.15) is 0 Å². The van der Waals surface area contributed by atoms with E-state index in [9.17, 15) is 9.90 Å². The third-order valence-electron chi connectivity index (χ3n) is 3.11. The molecule has 2 heterocycles. The van der Waals surface area contributed by atoms with Gasteiger partial charge in [0, 0.05) is 11.9 Å². The third-order valence-corrected chi connectivity index (χ3v) is 4.08. The first kappa shape index (κ1) is 16.6. The van der Waals surface area contributed by atoms with Crippen molar-refractivity contribution in [1.82, 2.24) is 10.3 Å². The largest absolute Gasteiger partial charge is 0.463 e. The number of aryl methyl sites for hydroxylation is 1. The van der Waals surface area contributed by atoms with Crippen LogP contribution >= 0.6 is 11.8 Å². The zero-order valence-electron chi connectivity index (χ0n) is 12.7. The first-order valence-electron chi connectivity index (χ1n) is 7.01. The fourth-order valence-corrected chi connectivity index (χ4v) is 2.63. The second-order valence-electron chi connectivity index (χ2n) is 5.27. The van der Waals surface area contributed by atoms with Crippen LogP contribution in [-0.2, 0) is 16.1 Å². The number of aliphatic hydroxyl groups is 1. The molecule has 118 valence electrons. The van der Waals surface area contributed by atoms with Crippen LogP contribution in [0.4, 0.5) is 0 Å². The summed E-state index contributed by atoms with van der Waals surface area (Å²) in [6.07, 6.45) is 1.73. The van der Waals surface area contributed by atoms with Crippen molar-refractivity contribution >= 4 is 17.7 Å². The molecule has 0 fully saturated rings. The van der Waals surface area contributed by atoms with E-state index in [0.717, 1.165) is 11.5 Å². The molecule has 0 aromatic carbocycles. The van der Waals surface area contributed by atoms with Gasteiger partial charge < -0.3 is 14.8 Å². The van der Waals surface area contributed by atoms with Crippen molar-refractivity contribution in [2.75, 3.05) is 12.3 Å². The van der Waals surface area contributed by atoms with E-state index in [4.69, 9.17) is 4.42 Å². The summed E-state index contributed by atoms with van der Waals surface area (Å²) in [5.74, 6) is 2.06. The molecule has 0 saturated heterocycles. The van der Waals surface area contributed by atoms with Gasteiger partial charge in [0.2, 0.25) is 5.91 Å². The smallest absolute Gasteiger partial charge is 0.230 e. The summed E-state index contributed by atoms with van der Waals surface area (Å²) < 4.78 is 5.40. The summed E-state index contributed by atoms with van der Waals surface area (Å²) in [7, 11) is 0. The highest BCUT2D eigenvalue weighted by molar-refractivity contribution is 7.99. The first-order chi connectivity index (χ1) is 10.5. The lowest BCUT2D eigenvalue weighted by atomic mass is 10.0. The lowest BCUT2D eigenvalue weighted by molar-refractivity contribution is -0.119. The lowest BCUT2D eigenvalue weighted by Crippen LogP contribution is -2.39. The monoisotopic (exact) mass is 320 g/mol. The highest BCUT2D eigenvalue weighted by atomic mass is 32.2. The summed E-state index contributed by atoms with van der Waals surface area (Å²) in [5, 5.41) is 13.1.